The Morgan fingerprint density at radius 3 is 2.02 bits per heavy atom. The average Bonchev–Trinajstić information content (AvgIpc) is 3.92. The number of likely N-dealkylation sites (tertiary alicyclic amines) is 1. The summed E-state index contributed by atoms with van der Waals surface area (Å²) >= 11 is 0. The second-order valence-electron chi connectivity index (χ2n) is 14.7. The van der Waals surface area contributed by atoms with Gasteiger partial charge < -0.3 is 24.9 Å². The van der Waals surface area contributed by atoms with Crippen LogP contribution >= 0.6 is 0 Å². The minimum Gasteiger partial charge on any atom is -0.444 e. The van der Waals surface area contributed by atoms with E-state index in [1.54, 1.807) is 38.1 Å². The zero-order valence-electron chi connectivity index (χ0n) is 32.6. The number of halogens is 2. The molecule has 2 amide bonds. The van der Waals surface area contributed by atoms with Gasteiger partial charge in [-0.2, -0.15) is 0 Å². The van der Waals surface area contributed by atoms with Gasteiger partial charge >= 0.3 is 6.09 Å². The Labute approximate surface area is 325 Å². The molecule has 12 heteroatoms. The molecule has 6 rings (SSSR count). The highest BCUT2D eigenvalue weighted by atomic mass is 19.1. The van der Waals surface area contributed by atoms with Crippen LogP contribution in [0.25, 0.3) is 33.6 Å². The van der Waals surface area contributed by atoms with Gasteiger partial charge in [-0.25, -0.2) is 23.5 Å². The van der Waals surface area contributed by atoms with Gasteiger partial charge in [-0.3, -0.25) is 9.69 Å². The zero-order valence-corrected chi connectivity index (χ0v) is 32.6. The summed E-state index contributed by atoms with van der Waals surface area (Å²) < 4.78 is 33.9. The van der Waals surface area contributed by atoms with E-state index in [9.17, 15) is 18.4 Å². The summed E-state index contributed by atoms with van der Waals surface area (Å²) in [4.78, 5) is 44.2. The lowest BCUT2D eigenvalue weighted by molar-refractivity contribution is -0.131. The fourth-order valence-corrected chi connectivity index (χ4v) is 6.38. The molecule has 1 aliphatic rings. The van der Waals surface area contributed by atoms with Crippen molar-refractivity contribution in [1.82, 2.24) is 35.1 Å². The molecular formula is C43H57F2N7O3. The van der Waals surface area contributed by atoms with Crippen LogP contribution < -0.4 is 5.32 Å². The lowest BCUT2D eigenvalue weighted by atomic mass is 10.0. The highest BCUT2D eigenvalue weighted by Gasteiger charge is 2.38. The normalized spacial score (nSPS) is 16.0. The van der Waals surface area contributed by atoms with Crippen LogP contribution in [0.15, 0.2) is 91.3 Å². The van der Waals surface area contributed by atoms with E-state index < -0.39 is 30.1 Å². The number of rotatable bonds is 12. The van der Waals surface area contributed by atoms with E-state index in [-0.39, 0.29) is 41.2 Å². The summed E-state index contributed by atoms with van der Waals surface area (Å²) in [5.74, 6) is 0.991. The maximum atomic E-state index is 14.6. The second-order valence-corrected chi connectivity index (χ2v) is 14.7. The molecule has 55 heavy (non-hydrogen) atoms. The van der Waals surface area contributed by atoms with E-state index in [2.05, 4.69) is 39.1 Å². The van der Waals surface area contributed by atoms with Crippen molar-refractivity contribution in [3.63, 3.8) is 0 Å². The monoisotopic (exact) mass is 757 g/mol. The molecule has 10 nitrogen and oxygen atoms in total. The number of carbonyl (C=O) groups is 2. The predicted molar refractivity (Wildman–Crippen MR) is 217 cm³/mol. The van der Waals surface area contributed by atoms with E-state index >= 15 is 0 Å². The van der Waals surface area contributed by atoms with Gasteiger partial charge in [-0.1, -0.05) is 92.7 Å². The summed E-state index contributed by atoms with van der Waals surface area (Å²) in [5, 5.41) is 3.11. The third kappa shape index (κ3) is 11.6. The third-order valence-corrected chi connectivity index (χ3v) is 9.00. The molecule has 5 aromatic rings. The van der Waals surface area contributed by atoms with Gasteiger partial charge in [0.05, 0.1) is 55.9 Å². The van der Waals surface area contributed by atoms with Crippen LogP contribution in [0, 0.1) is 0 Å². The number of hydrogen-bond acceptors (Lipinski definition) is 6. The smallest absolute Gasteiger partial charge is 0.410 e. The van der Waals surface area contributed by atoms with E-state index in [0.717, 1.165) is 52.3 Å². The molecular weight excluding hydrogens is 701 g/mol. The number of aromatic nitrogens is 4. The van der Waals surface area contributed by atoms with Crippen LogP contribution in [0.4, 0.5) is 13.6 Å². The highest BCUT2D eigenvalue weighted by Crippen LogP contribution is 2.34. The fraction of sp³-hybridized carbons (Fsp3) is 0.395. The number of ether oxygens (including phenoxy) is 1. The van der Waals surface area contributed by atoms with Crippen LogP contribution in [-0.2, 0) is 22.5 Å². The van der Waals surface area contributed by atoms with Crippen molar-refractivity contribution in [2.75, 3.05) is 26.2 Å². The van der Waals surface area contributed by atoms with Gasteiger partial charge in [0.2, 0.25) is 5.91 Å². The molecule has 0 radical (unpaired) electrons. The first kappa shape index (κ1) is 40.8. The Bertz CT molecular complexity index is 1960. The maximum absolute atomic E-state index is 14.6. The Morgan fingerprint density at radius 2 is 1.47 bits per heavy atom. The van der Waals surface area contributed by atoms with Crippen molar-refractivity contribution in [2.24, 2.45) is 0 Å². The van der Waals surface area contributed by atoms with Crippen molar-refractivity contribution in [3.8, 4) is 33.6 Å². The quantitative estimate of drug-likeness (QED) is 0.117. The minimum absolute atomic E-state index is 0. The number of nitrogens with zero attached hydrogens (tertiary/aromatic N) is 4. The van der Waals surface area contributed by atoms with Gasteiger partial charge in [0.25, 0.3) is 0 Å². The topological polar surface area (TPSA) is 119 Å². The van der Waals surface area contributed by atoms with Crippen LogP contribution in [0.3, 0.4) is 0 Å². The summed E-state index contributed by atoms with van der Waals surface area (Å²) in [6.07, 6.45) is 0.954. The van der Waals surface area contributed by atoms with E-state index in [1.165, 1.54) is 11.8 Å². The molecule has 3 aromatic carbocycles. The SMILES string of the molecule is CCNCC.C[C@H](F)CN(Cc1ncc(-c2ccc(-c3ccc(-c4cnc([C@@H]5C[C@H](F)CN5C(=O)Cc5ccccc5)[nH]4)cc3)cc2)[nH]1)C(=O)OC(C)(C)C.[HH].[HH]. The predicted octanol–water partition coefficient (Wildman–Crippen LogP) is 9.19. The molecule has 0 aliphatic carbocycles. The van der Waals surface area contributed by atoms with Gasteiger partial charge in [-0.15, -0.1) is 0 Å². The number of carbonyl (C=O) groups excluding carboxylic acids is 2. The summed E-state index contributed by atoms with van der Waals surface area (Å²) in [5.41, 5.74) is 5.64. The standard InChI is InChI=1S/C39H42F2N6O3.C4H11N.2H2/c1-25(40)22-46(38(49)50-39(2,3)4)24-35-42-20-32(44-35)29-14-10-27(11-15-29)28-12-16-30(17-13-28)33-21-43-37(45-33)34-19-31(41)23-47(34)36(48)18-26-8-6-5-7-9-26;1-3-5-4-2;;/h5-17,20-21,25,31,34H,18-19,22-24H2,1-4H3,(H,42,44)(H,43,45);5H,3-4H2,1-2H3;2*1H/t25-,31-,34-;;;/m0.../s1. The molecule has 3 heterocycles. The molecule has 0 bridgehead atoms. The molecule has 0 saturated carbocycles. The number of benzene rings is 3. The minimum atomic E-state index is -1.22. The molecule has 1 saturated heterocycles. The Hall–Kier alpha value is -5.36. The Kier molecular flexibility index (Phi) is 13.9. The number of amides is 2. The summed E-state index contributed by atoms with van der Waals surface area (Å²) in [6.45, 7) is 13.2. The third-order valence-electron chi connectivity index (χ3n) is 9.00. The molecule has 1 fully saturated rings. The lowest BCUT2D eigenvalue weighted by Crippen LogP contribution is -2.39. The van der Waals surface area contributed by atoms with Crippen LogP contribution in [-0.4, -0.2) is 85.9 Å². The molecule has 296 valence electrons. The summed E-state index contributed by atoms with van der Waals surface area (Å²) in [7, 11) is 0. The fourth-order valence-electron chi connectivity index (χ4n) is 6.38. The molecule has 3 N–H and O–H groups in total. The van der Waals surface area contributed by atoms with Gasteiger partial charge in [0, 0.05) is 9.27 Å². The first-order valence-corrected chi connectivity index (χ1v) is 18.9. The van der Waals surface area contributed by atoms with Crippen LogP contribution in [0.1, 0.15) is 74.1 Å². The second kappa shape index (κ2) is 18.8. The lowest BCUT2D eigenvalue weighted by Gasteiger charge is -2.27. The number of hydrogen-bond donors (Lipinski definition) is 3. The first-order valence-electron chi connectivity index (χ1n) is 18.9. The number of nitrogens with one attached hydrogen (secondary N) is 3. The molecule has 1 aliphatic heterocycles. The van der Waals surface area contributed by atoms with Crippen LogP contribution in [0.2, 0.25) is 0 Å². The Morgan fingerprint density at radius 1 is 0.909 bits per heavy atom. The highest BCUT2D eigenvalue weighted by molar-refractivity contribution is 5.79. The van der Waals surface area contributed by atoms with Gasteiger partial charge in [0.1, 0.15) is 29.6 Å². The average molecular weight is 758 g/mol. The first-order chi connectivity index (χ1) is 26.3. The number of H-pyrrole nitrogens is 2. The van der Waals surface area contributed by atoms with Crippen molar-refractivity contribution >= 4 is 12.0 Å². The number of aromatic amines is 2. The van der Waals surface area contributed by atoms with Crippen molar-refractivity contribution in [1.29, 1.82) is 0 Å². The van der Waals surface area contributed by atoms with Crippen molar-refractivity contribution in [3.05, 3.63) is 108 Å². The molecule has 2 aromatic heterocycles. The van der Waals surface area contributed by atoms with Crippen LogP contribution in [0.5, 0.6) is 0 Å². The van der Waals surface area contributed by atoms with Crippen molar-refractivity contribution in [2.45, 2.75) is 84.9 Å². The number of alkyl halides is 2. The molecule has 0 spiro atoms. The zero-order chi connectivity index (χ0) is 39.5. The maximum Gasteiger partial charge on any atom is 0.410 e. The molecule has 3 atom stereocenters. The van der Waals surface area contributed by atoms with Gasteiger partial charge in [0.15, 0.2) is 0 Å². The van der Waals surface area contributed by atoms with Crippen molar-refractivity contribution < 1.29 is 26.0 Å². The van der Waals surface area contributed by atoms with E-state index in [4.69, 9.17) is 4.74 Å². The Balaban J connectivity index is 0.00000117. The molecule has 0 unspecified atom stereocenters. The largest absolute Gasteiger partial charge is 0.444 e. The van der Waals surface area contributed by atoms with E-state index in [1.807, 2.05) is 78.9 Å². The summed E-state index contributed by atoms with van der Waals surface area (Å²) in [6, 6.07) is 25.1. The van der Waals surface area contributed by atoms with E-state index in [0.29, 0.717) is 11.6 Å². The van der Waals surface area contributed by atoms with Gasteiger partial charge in [-0.05, 0) is 68.6 Å². The number of imidazole rings is 2.